The molecule has 28 heavy (non-hydrogen) atoms. The Bertz CT molecular complexity index is 845. The Morgan fingerprint density at radius 3 is 2.43 bits per heavy atom. The molecule has 2 aromatic rings. The average molecular weight is 445 g/mol. The van der Waals surface area contributed by atoms with Gasteiger partial charge in [-0.15, -0.1) is 0 Å². The maximum Gasteiger partial charge on any atom is 0.269 e. The second kappa shape index (κ2) is 9.57. The van der Waals surface area contributed by atoms with Crippen molar-refractivity contribution in [1.29, 1.82) is 0 Å². The molecule has 1 fully saturated rings. The average Bonchev–Trinajstić information content (AvgIpc) is 2.70. The summed E-state index contributed by atoms with van der Waals surface area (Å²) in [6.07, 6.45) is 3.17. The smallest absolute Gasteiger partial charge is 0.269 e. The van der Waals surface area contributed by atoms with Crippen molar-refractivity contribution in [3.05, 3.63) is 74.2 Å². The summed E-state index contributed by atoms with van der Waals surface area (Å²) in [5.41, 5.74) is 4.69. The van der Waals surface area contributed by atoms with Crippen molar-refractivity contribution >= 4 is 33.7 Å². The molecule has 2 aromatic carbocycles. The molecule has 1 heterocycles. The van der Waals surface area contributed by atoms with Gasteiger partial charge in [-0.05, 0) is 49.2 Å². The third-order valence-corrected chi connectivity index (χ3v) is 5.30. The molecule has 0 bridgehead atoms. The number of carbonyl (C=O) groups is 1. The van der Waals surface area contributed by atoms with Crippen molar-refractivity contribution < 1.29 is 9.72 Å². The van der Waals surface area contributed by atoms with Crippen molar-refractivity contribution in [2.45, 2.75) is 19.4 Å². The topological polar surface area (TPSA) is 87.8 Å². The lowest BCUT2D eigenvalue weighted by molar-refractivity contribution is -0.384. The molecule has 0 aliphatic carbocycles. The van der Waals surface area contributed by atoms with Gasteiger partial charge in [-0.3, -0.25) is 19.8 Å². The lowest BCUT2D eigenvalue weighted by atomic mass is 9.96. The third-order valence-electron chi connectivity index (χ3n) is 4.77. The monoisotopic (exact) mass is 444 g/mol. The quantitative estimate of drug-likeness (QED) is 0.417. The van der Waals surface area contributed by atoms with E-state index in [4.69, 9.17) is 0 Å². The number of nitrogens with zero attached hydrogens (tertiary/aromatic N) is 3. The van der Waals surface area contributed by atoms with E-state index in [1.165, 1.54) is 12.1 Å². The second-order valence-electron chi connectivity index (χ2n) is 6.76. The van der Waals surface area contributed by atoms with Gasteiger partial charge in [0.25, 0.3) is 5.69 Å². The van der Waals surface area contributed by atoms with Gasteiger partial charge in [0, 0.05) is 29.1 Å². The molecule has 0 atom stereocenters. The Labute approximate surface area is 171 Å². The lowest BCUT2D eigenvalue weighted by Gasteiger charge is -2.30. The van der Waals surface area contributed by atoms with Crippen molar-refractivity contribution in [2.75, 3.05) is 13.1 Å². The maximum absolute atomic E-state index is 12.3. The number of nitro groups is 1. The Kier molecular flexibility index (Phi) is 6.89. The van der Waals surface area contributed by atoms with Crippen LogP contribution in [0.4, 0.5) is 5.69 Å². The molecule has 8 heteroatoms. The van der Waals surface area contributed by atoms with Crippen molar-refractivity contribution in [1.82, 2.24) is 10.3 Å². The van der Waals surface area contributed by atoms with Gasteiger partial charge in [0.1, 0.15) is 0 Å². The van der Waals surface area contributed by atoms with Crippen molar-refractivity contribution in [2.24, 2.45) is 11.0 Å². The molecule has 1 amide bonds. The zero-order valence-corrected chi connectivity index (χ0v) is 16.8. The van der Waals surface area contributed by atoms with E-state index < -0.39 is 4.92 Å². The summed E-state index contributed by atoms with van der Waals surface area (Å²) >= 11 is 3.38. The van der Waals surface area contributed by atoms with Gasteiger partial charge >= 0.3 is 0 Å². The van der Waals surface area contributed by atoms with Gasteiger partial charge < -0.3 is 0 Å². The van der Waals surface area contributed by atoms with E-state index in [1.807, 2.05) is 24.3 Å². The highest BCUT2D eigenvalue weighted by molar-refractivity contribution is 9.10. The zero-order chi connectivity index (χ0) is 19.9. The molecule has 0 radical (unpaired) electrons. The molecule has 3 rings (SSSR count). The number of piperidine rings is 1. The van der Waals surface area contributed by atoms with Gasteiger partial charge in [-0.2, -0.15) is 5.10 Å². The Balaban J connectivity index is 1.43. The number of nitro benzene ring substituents is 1. The third kappa shape index (κ3) is 5.71. The minimum Gasteiger partial charge on any atom is -0.299 e. The first kappa shape index (κ1) is 20.2. The van der Waals surface area contributed by atoms with Gasteiger partial charge in [-0.1, -0.05) is 40.2 Å². The number of halogens is 1. The fraction of sp³-hybridized carbons (Fsp3) is 0.300. The molecule has 1 saturated heterocycles. The summed E-state index contributed by atoms with van der Waals surface area (Å²) in [5.74, 6) is -0.0986. The van der Waals surface area contributed by atoms with Crippen LogP contribution in [-0.4, -0.2) is 35.0 Å². The number of benzene rings is 2. The molecule has 0 aromatic heterocycles. The van der Waals surface area contributed by atoms with E-state index in [1.54, 1.807) is 18.3 Å². The maximum atomic E-state index is 12.3. The first-order valence-electron chi connectivity index (χ1n) is 9.05. The largest absolute Gasteiger partial charge is 0.299 e. The van der Waals surface area contributed by atoms with E-state index in [0.717, 1.165) is 48.1 Å². The van der Waals surface area contributed by atoms with Gasteiger partial charge in [0.05, 0.1) is 11.1 Å². The predicted molar refractivity (Wildman–Crippen MR) is 111 cm³/mol. The van der Waals surface area contributed by atoms with Gasteiger partial charge in [-0.25, -0.2) is 5.43 Å². The highest BCUT2D eigenvalue weighted by Gasteiger charge is 2.24. The number of amides is 1. The zero-order valence-electron chi connectivity index (χ0n) is 15.3. The van der Waals surface area contributed by atoms with E-state index in [9.17, 15) is 14.9 Å². The highest BCUT2D eigenvalue weighted by atomic mass is 79.9. The van der Waals surface area contributed by atoms with Crippen LogP contribution < -0.4 is 5.43 Å². The predicted octanol–water partition coefficient (Wildman–Crippen LogP) is 3.72. The first-order chi connectivity index (χ1) is 13.5. The van der Waals surface area contributed by atoms with Crippen LogP contribution in [0.25, 0.3) is 0 Å². The number of likely N-dealkylation sites (tertiary alicyclic amines) is 1. The molecule has 1 aliphatic rings. The lowest BCUT2D eigenvalue weighted by Crippen LogP contribution is -2.39. The summed E-state index contributed by atoms with van der Waals surface area (Å²) in [6.45, 7) is 2.35. The molecule has 0 spiro atoms. The molecule has 1 N–H and O–H groups in total. The normalized spacial score (nSPS) is 15.6. The van der Waals surface area contributed by atoms with E-state index in [-0.39, 0.29) is 17.5 Å². The summed E-state index contributed by atoms with van der Waals surface area (Å²) in [6, 6.07) is 14.3. The fourth-order valence-corrected chi connectivity index (χ4v) is 3.41. The van der Waals surface area contributed by atoms with Crippen LogP contribution in [-0.2, 0) is 11.3 Å². The van der Waals surface area contributed by atoms with E-state index in [0.29, 0.717) is 0 Å². The molecule has 7 nitrogen and oxygen atoms in total. The summed E-state index contributed by atoms with van der Waals surface area (Å²) in [7, 11) is 0. The number of hydrogen-bond donors (Lipinski definition) is 1. The van der Waals surface area contributed by atoms with Crippen LogP contribution in [0.3, 0.4) is 0 Å². The number of non-ortho nitro benzene ring substituents is 1. The number of carbonyl (C=O) groups excluding carboxylic acids is 1. The Morgan fingerprint density at radius 1 is 1.18 bits per heavy atom. The molecule has 1 aliphatic heterocycles. The minimum atomic E-state index is -0.396. The molecular formula is C20H21BrN4O3. The standard InChI is InChI=1S/C20H21BrN4O3/c21-18-5-1-15(2-6-18)13-22-23-20(26)17-9-11-24(12-10-17)14-16-3-7-19(8-4-16)25(27)28/h1-8,13,17H,9-12,14H2,(H,23,26)/b22-13-. The van der Waals surface area contributed by atoms with Crippen LogP contribution in [0.2, 0.25) is 0 Å². The van der Waals surface area contributed by atoms with Gasteiger partial charge in [0.2, 0.25) is 5.91 Å². The molecular weight excluding hydrogens is 424 g/mol. The Hall–Kier alpha value is -2.58. The van der Waals surface area contributed by atoms with E-state index >= 15 is 0 Å². The van der Waals surface area contributed by atoms with Gasteiger partial charge in [0.15, 0.2) is 0 Å². The number of rotatable bonds is 6. The fourth-order valence-electron chi connectivity index (χ4n) is 3.15. The number of hydrogen-bond acceptors (Lipinski definition) is 5. The van der Waals surface area contributed by atoms with Crippen LogP contribution in [0, 0.1) is 16.0 Å². The summed E-state index contributed by atoms with van der Waals surface area (Å²) in [4.78, 5) is 24.9. The molecule has 0 saturated carbocycles. The SMILES string of the molecule is O=C(N/N=C\c1ccc(Br)cc1)C1CCN(Cc2ccc([N+](=O)[O-])cc2)CC1. The minimum absolute atomic E-state index is 0.0461. The number of hydrazone groups is 1. The Morgan fingerprint density at radius 2 is 1.82 bits per heavy atom. The highest BCUT2D eigenvalue weighted by Crippen LogP contribution is 2.20. The van der Waals surface area contributed by atoms with Crippen LogP contribution in [0.15, 0.2) is 58.1 Å². The van der Waals surface area contributed by atoms with Crippen LogP contribution in [0.5, 0.6) is 0 Å². The molecule has 146 valence electrons. The van der Waals surface area contributed by atoms with E-state index in [2.05, 4.69) is 31.4 Å². The van der Waals surface area contributed by atoms with Crippen molar-refractivity contribution in [3.63, 3.8) is 0 Å². The van der Waals surface area contributed by atoms with Crippen LogP contribution >= 0.6 is 15.9 Å². The summed E-state index contributed by atoms with van der Waals surface area (Å²) in [5, 5.41) is 14.8. The number of nitrogens with one attached hydrogen (secondary N) is 1. The molecule has 0 unspecified atom stereocenters. The summed E-state index contributed by atoms with van der Waals surface area (Å²) < 4.78 is 0.995. The van der Waals surface area contributed by atoms with Crippen molar-refractivity contribution in [3.8, 4) is 0 Å². The first-order valence-corrected chi connectivity index (χ1v) is 9.85. The van der Waals surface area contributed by atoms with Crippen LogP contribution in [0.1, 0.15) is 24.0 Å². The second-order valence-corrected chi connectivity index (χ2v) is 7.68.